The Bertz CT molecular complexity index is 477. The Morgan fingerprint density at radius 3 is 2.76 bits per heavy atom. The maximum absolute atomic E-state index is 4.51. The van der Waals surface area contributed by atoms with Crippen LogP contribution in [0.3, 0.4) is 0 Å². The molecule has 4 heteroatoms. The van der Waals surface area contributed by atoms with E-state index in [-0.39, 0.29) is 0 Å². The van der Waals surface area contributed by atoms with Crippen LogP contribution in [0.4, 0.5) is 0 Å². The number of hydrogen-bond donors (Lipinski definition) is 1. The molecule has 0 spiro atoms. The van der Waals surface area contributed by atoms with E-state index in [1.54, 1.807) is 0 Å². The number of piperazine rings is 1. The normalized spacial score (nSPS) is 28.8. The molecule has 4 nitrogen and oxygen atoms in total. The Morgan fingerprint density at radius 1 is 1.43 bits per heavy atom. The third-order valence-electron chi connectivity index (χ3n) is 5.45. The second-order valence-corrected chi connectivity index (χ2v) is 7.14. The van der Waals surface area contributed by atoms with Crippen molar-refractivity contribution in [3.8, 4) is 0 Å². The number of nitrogens with zero attached hydrogens (tertiary/aromatic N) is 3. The van der Waals surface area contributed by atoms with Crippen molar-refractivity contribution < 1.29 is 0 Å². The SMILES string of the molecule is CCC(C)C1CNC(C2CC2)CN1Cc1cc(C)nn1C. The van der Waals surface area contributed by atoms with Gasteiger partial charge in [-0.2, -0.15) is 5.10 Å². The van der Waals surface area contributed by atoms with Crippen LogP contribution in [0.1, 0.15) is 44.5 Å². The number of nitrogens with one attached hydrogen (secondary N) is 1. The lowest BCUT2D eigenvalue weighted by Crippen LogP contribution is -2.58. The van der Waals surface area contributed by atoms with Crippen LogP contribution in [0.25, 0.3) is 0 Å². The predicted octanol–water partition coefficient (Wildman–Crippen LogP) is 2.33. The first-order valence-corrected chi connectivity index (χ1v) is 8.55. The summed E-state index contributed by atoms with van der Waals surface area (Å²) in [5, 5.41) is 8.33. The zero-order chi connectivity index (χ0) is 15.0. The van der Waals surface area contributed by atoms with E-state index in [2.05, 4.69) is 53.9 Å². The van der Waals surface area contributed by atoms with Crippen LogP contribution < -0.4 is 5.32 Å². The molecule has 0 bridgehead atoms. The number of hydrogen-bond acceptors (Lipinski definition) is 3. The van der Waals surface area contributed by atoms with Crippen LogP contribution in [0.2, 0.25) is 0 Å². The van der Waals surface area contributed by atoms with Crippen molar-refractivity contribution in [3.63, 3.8) is 0 Å². The first-order chi connectivity index (χ1) is 10.1. The molecule has 21 heavy (non-hydrogen) atoms. The molecule has 3 rings (SSSR count). The second kappa shape index (κ2) is 6.09. The van der Waals surface area contributed by atoms with Crippen molar-refractivity contribution in [2.24, 2.45) is 18.9 Å². The van der Waals surface area contributed by atoms with Crippen molar-refractivity contribution in [2.75, 3.05) is 13.1 Å². The maximum Gasteiger partial charge on any atom is 0.0597 e. The Labute approximate surface area is 128 Å². The minimum atomic E-state index is 0.653. The molecular formula is C17H30N4. The molecule has 1 N–H and O–H groups in total. The summed E-state index contributed by atoms with van der Waals surface area (Å²) in [5.74, 6) is 1.67. The topological polar surface area (TPSA) is 33.1 Å². The second-order valence-electron chi connectivity index (χ2n) is 7.14. The van der Waals surface area contributed by atoms with Gasteiger partial charge < -0.3 is 5.32 Å². The van der Waals surface area contributed by atoms with Crippen molar-refractivity contribution >= 4 is 0 Å². The lowest BCUT2D eigenvalue weighted by molar-refractivity contribution is 0.0765. The van der Waals surface area contributed by atoms with Gasteiger partial charge >= 0.3 is 0 Å². The zero-order valence-electron chi connectivity index (χ0n) is 14.0. The van der Waals surface area contributed by atoms with Gasteiger partial charge in [0.05, 0.1) is 11.4 Å². The molecule has 1 aliphatic carbocycles. The van der Waals surface area contributed by atoms with Crippen molar-refractivity contribution in [2.45, 2.75) is 58.7 Å². The molecule has 0 aromatic carbocycles. The minimum Gasteiger partial charge on any atom is -0.311 e. The standard InChI is InChI=1S/C17H30N4/c1-5-12(2)17-9-18-16(14-6-7-14)11-21(17)10-15-8-13(3)19-20(15)4/h8,12,14,16-18H,5-7,9-11H2,1-4H3. The molecule has 3 atom stereocenters. The van der Waals surface area contributed by atoms with E-state index in [9.17, 15) is 0 Å². The summed E-state index contributed by atoms with van der Waals surface area (Å²) >= 11 is 0. The minimum absolute atomic E-state index is 0.653. The molecule has 1 aromatic heterocycles. The van der Waals surface area contributed by atoms with Crippen LogP contribution in [-0.4, -0.2) is 39.9 Å². The molecule has 1 aliphatic heterocycles. The van der Waals surface area contributed by atoms with Gasteiger partial charge in [0.2, 0.25) is 0 Å². The Balaban J connectivity index is 1.73. The highest BCUT2D eigenvalue weighted by Gasteiger charge is 2.38. The highest BCUT2D eigenvalue weighted by atomic mass is 15.3. The Kier molecular flexibility index (Phi) is 4.36. The lowest BCUT2D eigenvalue weighted by Gasteiger charge is -2.43. The molecule has 2 aliphatic rings. The molecule has 3 unspecified atom stereocenters. The monoisotopic (exact) mass is 290 g/mol. The highest BCUT2D eigenvalue weighted by Crippen LogP contribution is 2.35. The summed E-state index contributed by atoms with van der Waals surface area (Å²) in [6, 6.07) is 3.60. The van der Waals surface area contributed by atoms with Gasteiger partial charge in [0.25, 0.3) is 0 Å². The van der Waals surface area contributed by atoms with Crippen LogP contribution in [0, 0.1) is 18.8 Å². The largest absolute Gasteiger partial charge is 0.311 e. The van der Waals surface area contributed by atoms with E-state index in [1.165, 1.54) is 31.5 Å². The molecule has 118 valence electrons. The molecule has 1 saturated carbocycles. The van der Waals surface area contributed by atoms with E-state index < -0.39 is 0 Å². The lowest BCUT2D eigenvalue weighted by atomic mass is 9.93. The van der Waals surface area contributed by atoms with Gasteiger partial charge in [0.15, 0.2) is 0 Å². The number of aromatic nitrogens is 2. The van der Waals surface area contributed by atoms with Gasteiger partial charge in [-0.15, -0.1) is 0 Å². The molecule has 0 radical (unpaired) electrons. The quantitative estimate of drug-likeness (QED) is 0.903. The molecule has 2 fully saturated rings. The summed E-state index contributed by atoms with van der Waals surface area (Å²) in [6.45, 7) is 10.2. The van der Waals surface area contributed by atoms with E-state index in [0.29, 0.717) is 12.1 Å². The fourth-order valence-corrected chi connectivity index (χ4v) is 3.70. The fraction of sp³-hybridized carbons (Fsp3) is 0.824. The molecular weight excluding hydrogens is 260 g/mol. The van der Waals surface area contributed by atoms with E-state index >= 15 is 0 Å². The van der Waals surface area contributed by atoms with Crippen molar-refractivity contribution in [3.05, 3.63) is 17.5 Å². The summed E-state index contributed by atoms with van der Waals surface area (Å²) in [7, 11) is 2.07. The van der Waals surface area contributed by atoms with Gasteiger partial charge in [-0.3, -0.25) is 9.58 Å². The van der Waals surface area contributed by atoms with Gasteiger partial charge in [0.1, 0.15) is 0 Å². The van der Waals surface area contributed by atoms with Crippen molar-refractivity contribution in [1.29, 1.82) is 0 Å². The van der Waals surface area contributed by atoms with Gasteiger partial charge in [0, 0.05) is 38.8 Å². The van der Waals surface area contributed by atoms with Crippen LogP contribution >= 0.6 is 0 Å². The average Bonchev–Trinajstić information content (AvgIpc) is 3.25. The summed E-state index contributed by atoms with van der Waals surface area (Å²) in [6.07, 6.45) is 4.09. The third-order valence-corrected chi connectivity index (χ3v) is 5.45. The van der Waals surface area contributed by atoms with Crippen molar-refractivity contribution in [1.82, 2.24) is 20.0 Å². The summed E-state index contributed by atoms with van der Waals surface area (Å²) in [4.78, 5) is 2.71. The van der Waals surface area contributed by atoms with Gasteiger partial charge in [-0.25, -0.2) is 0 Å². The maximum atomic E-state index is 4.51. The first-order valence-electron chi connectivity index (χ1n) is 8.55. The Hall–Kier alpha value is -0.870. The number of aryl methyl sites for hydroxylation is 2. The van der Waals surface area contributed by atoms with Crippen LogP contribution in [0.5, 0.6) is 0 Å². The smallest absolute Gasteiger partial charge is 0.0597 e. The number of rotatable bonds is 5. The van der Waals surface area contributed by atoms with Crippen LogP contribution in [-0.2, 0) is 13.6 Å². The molecule has 1 saturated heterocycles. The van der Waals surface area contributed by atoms with E-state index in [1.807, 2.05) is 0 Å². The van der Waals surface area contributed by atoms with Gasteiger partial charge in [-0.05, 0) is 37.7 Å². The summed E-state index contributed by atoms with van der Waals surface area (Å²) < 4.78 is 2.05. The van der Waals surface area contributed by atoms with Gasteiger partial charge in [-0.1, -0.05) is 20.3 Å². The van der Waals surface area contributed by atoms with Crippen LogP contribution in [0.15, 0.2) is 6.07 Å². The molecule has 1 aromatic rings. The summed E-state index contributed by atoms with van der Waals surface area (Å²) in [5.41, 5.74) is 2.47. The Morgan fingerprint density at radius 2 is 2.19 bits per heavy atom. The average molecular weight is 290 g/mol. The zero-order valence-corrected chi connectivity index (χ0v) is 14.0. The van der Waals surface area contributed by atoms with E-state index in [4.69, 9.17) is 0 Å². The first kappa shape index (κ1) is 15.0. The predicted molar refractivity (Wildman–Crippen MR) is 86.1 cm³/mol. The molecule has 2 heterocycles. The fourth-order valence-electron chi connectivity index (χ4n) is 3.70. The molecule has 0 amide bonds. The highest BCUT2D eigenvalue weighted by molar-refractivity contribution is 5.09. The van der Waals surface area contributed by atoms with E-state index in [0.717, 1.165) is 30.6 Å². The third kappa shape index (κ3) is 3.32.